The van der Waals surface area contributed by atoms with Gasteiger partial charge in [-0.3, -0.25) is 0 Å². The number of aromatic nitrogens is 1. The lowest BCUT2D eigenvalue weighted by Crippen LogP contribution is -2.25. The molecule has 2 aromatic rings. The first-order valence-electron chi connectivity index (χ1n) is 4.77. The molecule has 2 rings (SSSR count). The van der Waals surface area contributed by atoms with Crippen molar-refractivity contribution < 1.29 is 0 Å². The number of rotatable bonds is 1. The highest BCUT2D eigenvalue weighted by Gasteiger charge is 2.32. The number of benzene rings is 1. The number of para-hydroxylation sites is 1. The van der Waals surface area contributed by atoms with Gasteiger partial charge in [0.1, 0.15) is 0 Å². The van der Waals surface area contributed by atoms with Crippen molar-refractivity contribution in [3.63, 3.8) is 0 Å². The molecule has 2 nitrogen and oxygen atoms in total. The monoisotopic (exact) mass is 276 g/mol. The number of alkyl halides is 3. The van der Waals surface area contributed by atoms with Gasteiger partial charge in [-0.05, 0) is 11.6 Å². The summed E-state index contributed by atoms with van der Waals surface area (Å²) in [6, 6.07) is 7.25. The average molecular weight is 278 g/mol. The van der Waals surface area contributed by atoms with E-state index in [1.807, 2.05) is 42.1 Å². The first kappa shape index (κ1) is 12.1. The van der Waals surface area contributed by atoms with E-state index >= 15 is 0 Å². The van der Waals surface area contributed by atoms with Gasteiger partial charge in [0, 0.05) is 24.1 Å². The van der Waals surface area contributed by atoms with Crippen LogP contribution in [-0.2, 0) is 7.05 Å². The fourth-order valence-electron chi connectivity index (χ4n) is 1.80. The van der Waals surface area contributed by atoms with Crippen molar-refractivity contribution in [1.82, 2.24) is 4.57 Å². The first-order valence-corrected chi connectivity index (χ1v) is 5.91. The molecule has 1 heterocycles. The standard InChI is InChI=1S/C11H11Cl3N2/c1-16-6-8(10(15)11(12,13)14)7-4-2-3-5-9(7)16/h2-6,10H,15H2,1H3. The van der Waals surface area contributed by atoms with E-state index in [-0.39, 0.29) is 0 Å². The number of aryl methyl sites for hydroxylation is 1. The maximum Gasteiger partial charge on any atom is 0.209 e. The van der Waals surface area contributed by atoms with E-state index in [2.05, 4.69) is 0 Å². The van der Waals surface area contributed by atoms with Gasteiger partial charge in [-0.2, -0.15) is 0 Å². The highest BCUT2D eigenvalue weighted by atomic mass is 35.6. The molecule has 0 aliphatic carbocycles. The van der Waals surface area contributed by atoms with Crippen molar-refractivity contribution in [3.8, 4) is 0 Å². The van der Waals surface area contributed by atoms with Crippen LogP contribution in [0.2, 0.25) is 0 Å². The fraction of sp³-hybridized carbons (Fsp3) is 0.273. The zero-order chi connectivity index (χ0) is 11.9. The summed E-state index contributed by atoms with van der Waals surface area (Å²) in [4.78, 5) is 0. The van der Waals surface area contributed by atoms with E-state index in [0.717, 1.165) is 16.5 Å². The van der Waals surface area contributed by atoms with Crippen LogP contribution >= 0.6 is 34.8 Å². The Morgan fingerprint density at radius 3 is 2.50 bits per heavy atom. The van der Waals surface area contributed by atoms with E-state index in [9.17, 15) is 0 Å². The van der Waals surface area contributed by atoms with Crippen molar-refractivity contribution in [2.24, 2.45) is 12.8 Å². The highest BCUT2D eigenvalue weighted by molar-refractivity contribution is 6.68. The zero-order valence-electron chi connectivity index (χ0n) is 8.62. The van der Waals surface area contributed by atoms with Crippen LogP contribution in [-0.4, -0.2) is 8.36 Å². The molecule has 5 heteroatoms. The van der Waals surface area contributed by atoms with Gasteiger partial charge in [0.05, 0.1) is 6.04 Å². The van der Waals surface area contributed by atoms with Crippen LogP contribution < -0.4 is 5.73 Å². The van der Waals surface area contributed by atoms with Gasteiger partial charge < -0.3 is 10.3 Å². The number of fused-ring (bicyclic) bond motifs is 1. The van der Waals surface area contributed by atoms with Crippen LogP contribution in [0, 0.1) is 0 Å². The molecule has 0 bridgehead atoms. The van der Waals surface area contributed by atoms with Gasteiger partial charge in [-0.15, -0.1) is 0 Å². The molecule has 1 aromatic heterocycles. The molecule has 0 amide bonds. The molecule has 0 saturated carbocycles. The molecule has 0 fully saturated rings. The van der Waals surface area contributed by atoms with Crippen LogP contribution in [0.4, 0.5) is 0 Å². The summed E-state index contributed by atoms with van der Waals surface area (Å²) in [6.07, 6.45) is 1.90. The third kappa shape index (κ3) is 2.03. The van der Waals surface area contributed by atoms with Crippen LogP contribution in [0.25, 0.3) is 10.9 Å². The summed E-state index contributed by atoms with van der Waals surface area (Å²) in [5.74, 6) is 0. The second kappa shape index (κ2) is 4.11. The van der Waals surface area contributed by atoms with E-state index in [0.29, 0.717) is 0 Å². The molecule has 0 spiro atoms. The molecular formula is C11H11Cl3N2. The van der Waals surface area contributed by atoms with Crippen molar-refractivity contribution >= 4 is 45.7 Å². The first-order chi connectivity index (χ1) is 7.41. The number of halogens is 3. The molecule has 0 aliphatic rings. The van der Waals surface area contributed by atoms with Gasteiger partial charge >= 0.3 is 0 Å². The maximum absolute atomic E-state index is 5.94. The lowest BCUT2D eigenvalue weighted by molar-refractivity contribution is 0.748. The fourth-order valence-corrected chi connectivity index (χ4v) is 2.15. The summed E-state index contributed by atoms with van der Waals surface area (Å²) in [6.45, 7) is 0. The molecule has 2 N–H and O–H groups in total. The molecule has 86 valence electrons. The normalized spacial score (nSPS) is 14.3. The summed E-state index contributed by atoms with van der Waals surface area (Å²) >= 11 is 17.5. The minimum Gasteiger partial charge on any atom is -0.350 e. The molecule has 0 aliphatic heterocycles. The predicted molar refractivity (Wildman–Crippen MR) is 70.1 cm³/mol. The molecule has 0 saturated heterocycles. The van der Waals surface area contributed by atoms with Gasteiger partial charge in [0.2, 0.25) is 3.79 Å². The van der Waals surface area contributed by atoms with E-state index in [1.165, 1.54) is 0 Å². The van der Waals surface area contributed by atoms with Crippen molar-refractivity contribution in [3.05, 3.63) is 36.0 Å². The van der Waals surface area contributed by atoms with Crippen LogP contribution in [0.1, 0.15) is 11.6 Å². The number of hydrogen-bond acceptors (Lipinski definition) is 1. The Bertz CT molecular complexity index is 513. The van der Waals surface area contributed by atoms with E-state index < -0.39 is 9.83 Å². The third-order valence-corrected chi connectivity index (χ3v) is 3.32. The van der Waals surface area contributed by atoms with Crippen molar-refractivity contribution in [2.75, 3.05) is 0 Å². The second-order valence-electron chi connectivity index (χ2n) is 3.73. The summed E-state index contributed by atoms with van der Waals surface area (Å²) in [5.41, 5.74) is 7.86. The largest absolute Gasteiger partial charge is 0.350 e. The summed E-state index contributed by atoms with van der Waals surface area (Å²) < 4.78 is 0.477. The van der Waals surface area contributed by atoms with Crippen molar-refractivity contribution in [1.29, 1.82) is 0 Å². The van der Waals surface area contributed by atoms with Crippen LogP contribution in [0.5, 0.6) is 0 Å². The lowest BCUT2D eigenvalue weighted by Gasteiger charge is -2.19. The van der Waals surface area contributed by atoms with E-state index in [4.69, 9.17) is 40.5 Å². The van der Waals surface area contributed by atoms with Crippen molar-refractivity contribution in [2.45, 2.75) is 9.83 Å². The van der Waals surface area contributed by atoms with E-state index in [1.54, 1.807) is 0 Å². The summed E-state index contributed by atoms with van der Waals surface area (Å²) in [5, 5.41) is 1.02. The van der Waals surface area contributed by atoms with Gasteiger partial charge in [-0.25, -0.2) is 0 Å². The Hall–Kier alpha value is -0.410. The zero-order valence-corrected chi connectivity index (χ0v) is 10.9. The Balaban J connectivity index is 2.62. The molecular weight excluding hydrogens is 266 g/mol. The maximum atomic E-state index is 5.94. The summed E-state index contributed by atoms with van der Waals surface area (Å²) in [7, 11) is 1.94. The van der Waals surface area contributed by atoms with Gasteiger partial charge in [0.25, 0.3) is 0 Å². The molecule has 1 atom stereocenters. The minimum atomic E-state index is -1.50. The second-order valence-corrected chi connectivity index (χ2v) is 6.10. The molecule has 0 radical (unpaired) electrons. The predicted octanol–water partition coefficient (Wildman–Crippen LogP) is 3.55. The Morgan fingerprint density at radius 1 is 1.25 bits per heavy atom. The van der Waals surface area contributed by atoms with Crippen LogP contribution in [0.3, 0.4) is 0 Å². The third-order valence-electron chi connectivity index (χ3n) is 2.62. The highest BCUT2D eigenvalue weighted by Crippen LogP contribution is 2.40. The quantitative estimate of drug-likeness (QED) is 0.794. The molecule has 16 heavy (non-hydrogen) atoms. The van der Waals surface area contributed by atoms with Gasteiger partial charge in [-0.1, -0.05) is 53.0 Å². The molecule has 1 aromatic carbocycles. The minimum absolute atomic E-state index is 0.636. The molecule has 1 unspecified atom stereocenters. The average Bonchev–Trinajstić information content (AvgIpc) is 2.55. The SMILES string of the molecule is Cn1cc(C(N)C(Cl)(Cl)Cl)c2ccccc21. The number of nitrogens with two attached hydrogens (primary N) is 1. The Morgan fingerprint density at radius 2 is 1.88 bits per heavy atom. The smallest absolute Gasteiger partial charge is 0.209 e. The van der Waals surface area contributed by atoms with Crippen LogP contribution in [0.15, 0.2) is 30.5 Å². The Labute approximate surface area is 109 Å². The lowest BCUT2D eigenvalue weighted by atomic mass is 10.1. The number of hydrogen-bond donors (Lipinski definition) is 1. The Kier molecular flexibility index (Phi) is 3.10. The number of nitrogens with zero attached hydrogens (tertiary/aromatic N) is 1. The van der Waals surface area contributed by atoms with Gasteiger partial charge in [0.15, 0.2) is 0 Å². The topological polar surface area (TPSA) is 30.9 Å².